The minimum absolute atomic E-state index is 0.225. The van der Waals surface area contributed by atoms with Crippen LogP contribution in [-0.4, -0.2) is 17.9 Å². The number of hydrogen-bond acceptors (Lipinski definition) is 2. The molecule has 0 spiro atoms. The van der Waals surface area contributed by atoms with Crippen LogP contribution in [0, 0.1) is 11.8 Å². The molecule has 2 atom stereocenters. The lowest BCUT2D eigenvalue weighted by Crippen LogP contribution is -2.33. The number of benzene rings is 1. The number of nitrogens with zero attached hydrogens (tertiary/aromatic N) is 1. The third kappa shape index (κ3) is 3.35. The van der Waals surface area contributed by atoms with Crippen LogP contribution in [0.15, 0.2) is 24.3 Å². The molecule has 2 unspecified atom stereocenters. The lowest BCUT2D eigenvalue weighted by Gasteiger charge is -2.23. The van der Waals surface area contributed by atoms with Crippen LogP contribution >= 0.6 is 0 Å². The fraction of sp³-hybridized carbons (Fsp3) is 0.562. The van der Waals surface area contributed by atoms with E-state index in [-0.39, 0.29) is 5.92 Å². The summed E-state index contributed by atoms with van der Waals surface area (Å²) in [5.41, 5.74) is 7.92. The average Bonchev–Trinajstić information content (AvgIpc) is 2.84. The van der Waals surface area contributed by atoms with E-state index in [0.717, 1.165) is 17.5 Å². The van der Waals surface area contributed by atoms with Crippen molar-refractivity contribution in [3.05, 3.63) is 35.4 Å². The van der Waals surface area contributed by atoms with Gasteiger partial charge in [-0.25, -0.2) is 0 Å². The van der Waals surface area contributed by atoms with Gasteiger partial charge in [0.05, 0.1) is 0 Å². The van der Waals surface area contributed by atoms with Gasteiger partial charge in [-0.2, -0.15) is 0 Å². The van der Waals surface area contributed by atoms with Gasteiger partial charge in [0.25, 0.3) is 0 Å². The molecule has 3 nitrogen and oxygen atoms in total. The predicted molar refractivity (Wildman–Crippen MR) is 77.3 cm³/mol. The number of carbonyl (C=O) groups excluding carboxylic acids is 1. The van der Waals surface area contributed by atoms with Gasteiger partial charge >= 0.3 is 0 Å². The molecule has 0 aliphatic heterocycles. The van der Waals surface area contributed by atoms with E-state index < -0.39 is 0 Å². The topological polar surface area (TPSA) is 46.3 Å². The molecule has 0 aromatic heterocycles. The van der Waals surface area contributed by atoms with Crippen LogP contribution in [0.2, 0.25) is 0 Å². The fourth-order valence-corrected chi connectivity index (χ4v) is 3.00. The third-order valence-corrected chi connectivity index (χ3v) is 4.20. The SMILES string of the molecule is CC1CCCC1C(=O)N(C)Cc1cccc(CN)c1. The van der Waals surface area contributed by atoms with Gasteiger partial charge in [-0.05, 0) is 29.9 Å². The molecule has 1 aromatic rings. The maximum Gasteiger partial charge on any atom is 0.225 e. The Labute approximate surface area is 115 Å². The van der Waals surface area contributed by atoms with Crippen LogP contribution in [0.1, 0.15) is 37.3 Å². The van der Waals surface area contributed by atoms with Gasteiger partial charge in [0, 0.05) is 26.1 Å². The van der Waals surface area contributed by atoms with Crippen molar-refractivity contribution in [2.75, 3.05) is 7.05 Å². The van der Waals surface area contributed by atoms with E-state index in [9.17, 15) is 4.79 Å². The maximum absolute atomic E-state index is 12.4. The van der Waals surface area contributed by atoms with Gasteiger partial charge in [0.15, 0.2) is 0 Å². The number of carbonyl (C=O) groups is 1. The summed E-state index contributed by atoms with van der Waals surface area (Å²) < 4.78 is 0. The highest BCUT2D eigenvalue weighted by atomic mass is 16.2. The molecule has 2 rings (SSSR count). The summed E-state index contributed by atoms with van der Waals surface area (Å²) in [7, 11) is 1.91. The highest BCUT2D eigenvalue weighted by Crippen LogP contribution is 2.32. The van der Waals surface area contributed by atoms with Crippen molar-refractivity contribution in [1.82, 2.24) is 4.90 Å². The second kappa shape index (κ2) is 6.20. The van der Waals surface area contributed by atoms with Gasteiger partial charge in [-0.15, -0.1) is 0 Å². The van der Waals surface area contributed by atoms with Crippen LogP contribution in [0.5, 0.6) is 0 Å². The molecule has 1 amide bonds. The smallest absolute Gasteiger partial charge is 0.225 e. The molecular formula is C16H24N2O. The predicted octanol–water partition coefficient (Wildman–Crippen LogP) is 2.54. The Morgan fingerprint density at radius 1 is 1.37 bits per heavy atom. The van der Waals surface area contributed by atoms with E-state index in [1.54, 1.807) is 0 Å². The Bertz CT molecular complexity index is 444. The van der Waals surface area contributed by atoms with Crippen molar-refractivity contribution in [2.24, 2.45) is 17.6 Å². The Kier molecular flexibility index (Phi) is 4.59. The highest BCUT2D eigenvalue weighted by molar-refractivity contribution is 5.79. The van der Waals surface area contributed by atoms with Crippen molar-refractivity contribution in [3.63, 3.8) is 0 Å². The molecule has 0 radical (unpaired) electrons. The van der Waals surface area contributed by atoms with E-state index in [1.807, 2.05) is 24.1 Å². The van der Waals surface area contributed by atoms with Gasteiger partial charge in [-0.1, -0.05) is 37.6 Å². The molecule has 1 aliphatic rings. The van der Waals surface area contributed by atoms with E-state index in [1.165, 1.54) is 12.8 Å². The molecule has 1 saturated carbocycles. The van der Waals surface area contributed by atoms with Crippen LogP contribution in [0.4, 0.5) is 0 Å². The van der Waals surface area contributed by atoms with E-state index in [0.29, 0.717) is 24.9 Å². The standard InChI is InChI=1S/C16H24N2O/c1-12-5-3-8-15(12)16(19)18(2)11-14-7-4-6-13(9-14)10-17/h4,6-7,9,12,15H,3,5,8,10-11,17H2,1-2H3. The number of nitrogens with two attached hydrogens (primary N) is 1. The molecule has 104 valence electrons. The molecule has 0 heterocycles. The zero-order chi connectivity index (χ0) is 13.8. The van der Waals surface area contributed by atoms with E-state index >= 15 is 0 Å². The molecule has 0 saturated heterocycles. The Morgan fingerprint density at radius 3 is 2.74 bits per heavy atom. The first-order valence-corrected chi connectivity index (χ1v) is 7.14. The quantitative estimate of drug-likeness (QED) is 0.904. The summed E-state index contributed by atoms with van der Waals surface area (Å²) in [4.78, 5) is 14.3. The van der Waals surface area contributed by atoms with Crippen LogP contribution in [0.3, 0.4) is 0 Å². The zero-order valence-electron chi connectivity index (χ0n) is 11.9. The zero-order valence-corrected chi connectivity index (χ0v) is 11.9. The maximum atomic E-state index is 12.4. The summed E-state index contributed by atoms with van der Waals surface area (Å²) in [5.74, 6) is 1.05. The normalized spacial score (nSPS) is 22.5. The van der Waals surface area contributed by atoms with E-state index in [4.69, 9.17) is 5.73 Å². The first-order valence-electron chi connectivity index (χ1n) is 7.14. The lowest BCUT2D eigenvalue weighted by molar-refractivity contribution is -0.135. The van der Waals surface area contributed by atoms with Gasteiger partial charge in [0.2, 0.25) is 5.91 Å². The third-order valence-electron chi connectivity index (χ3n) is 4.20. The summed E-state index contributed by atoms with van der Waals surface area (Å²) in [6.07, 6.45) is 3.42. The van der Waals surface area contributed by atoms with Gasteiger partial charge in [0.1, 0.15) is 0 Å². The number of amides is 1. The molecule has 1 fully saturated rings. The van der Waals surface area contributed by atoms with Gasteiger partial charge in [-0.3, -0.25) is 4.79 Å². The van der Waals surface area contributed by atoms with Crippen molar-refractivity contribution in [1.29, 1.82) is 0 Å². The van der Waals surface area contributed by atoms with Crippen molar-refractivity contribution in [3.8, 4) is 0 Å². The summed E-state index contributed by atoms with van der Waals surface area (Å²) in [6, 6.07) is 8.17. The van der Waals surface area contributed by atoms with Crippen molar-refractivity contribution in [2.45, 2.75) is 39.3 Å². The Balaban J connectivity index is 1.99. The molecule has 2 N–H and O–H groups in total. The number of hydrogen-bond donors (Lipinski definition) is 1. The first-order chi connectivity index (χ1) is 9.11. The molecule has 0 bridgehead atoms. The van der Waals surface area contributed by atoms with Crippen LogP contribution < -0.4 is 5.73 Å². The van der Waals surface area contributed by atoms with Crippen LogP contribution in [-0.2, 0) is 17.9 Å². The van der Waals surface area contributed by atoms with Crippen molar-refractivity contribution < 1.29 is 4.79 Å². The summed E-state index contributed by atoms with van der Waals surface area (Å²) in [6.45, 7) is 3.42. The van der Waals surface area contributed by atoms with Crippen molar-refractivity contribution >= 4 is 5.91 Å². The first kappa shape index (κ1) is 14.1. The largest absolute Gasteiger partial charge is 0.341 e. The second-order valence-electron chi connectivity index (χ2n) is 5.73. The van der Waals surface area contributed by atoms with Crippen LogP contribution in [0.25, 0.3) is 0 Å². The monoisotopic (exact) mass is 260 g/mol. The molecule has 1 aliphatic carbocycles. The van der Waals surface area contributed by atoms with E-state index in [2.05, 4.69) is 19.1 Å². The lowest BCUT2D eigenvalue weighted by atomic mass is 9.96. The second-order valence-corrected chi connectivity index (χ2v) is 5.73. The average molecular weight is 260 g/mol. The Morgan fingerprint density at radius 2 is 2.11 bits per heavy atom. The summed E-state index contributed by atoms with van der Waals surface area (Å²) in [5, 5.41) is 0. The number of rotatable bonds is 4. The highest BCUT2D eigenvalue weighted by Gasteiger charge is 2.31. The molecule has 19 heavy (non-hydrogen) atoms. The minimum atomic E-state index is 0.225. The molecular weight excluding hydrogens is 236 g/mol. The Hall–Kier alpha value is -1.35. The molecule has 1 aromatic carbocycles. The summed E-state index contributed by atoms with van der Waals surface area (Å²) >= 11 is 0. The fourth-order valence-electron chi connectivity index (χ4n) is 3.00. The minimum Gasteiger partial charge on any atom is -0.341 e. The van der Waals surface area contributed by atoms with Gasteiger partial charge < -0.3 is 10.6 Å². The molecule has 3 heteroatoms.